The molecule has 0 bridgehead atoms. The Labute approximate surface area is 173 Å². The summed E-state index contributed by atoms with van der Waals surface area (Å²) in [6.07, 6.45) is 4.93. The van der Waals surface area contributed by atoms with Gasteiger partial charge in [0.15, 0.2) is 0 Å². The maximum absolute atomic E-state index is 12.9. The lowest BCUT2D eigenvalue weighted by Gasteiger charge is -2.30. The molecule has 7 nitrogen and oxygen atoms in total. The van der Waals surface area contributed by atoms with Crippen LogP contribution in [0.4, 0.5) is 5.82 Å². The molecule has 1 amide bonds. The van der Waals surface area contributed by atoms with Gasteiger partial charge in [0.2, 0.25) is 11.7 Å². The molecule has 1 fully saturated rings. The molecule has 152 valence electrons. The Balaban J connectivity index is 1.83. The minimum atomic E-state index is -0.152. The number of piperazine rings is 1. The highest BCUT2D eigenvalue weighted by Gasteiger charge is 2.22. The first kappa shape index (κ1) is 19.5. The third-order valence-electron chi connectivity index (χ3n) is 5.18. The fraction of sp³-hybridized carbons (Fsp3) is 0.381. The van der Waals surface area contributed by atoms with Crippen LogP contribution in [-0.2, 0) is 11.3 Å². The van der Waals surface area contributed by atoms with Gasteiger partial charge in [0.1, 0.15) is 5.82 Å². The van der Waals surface area contributed by atoms with Gasteiger partial charge < -0.3 is 10.2 Å². The Morgan fingerprint density at radius 1 is 1.17 bits per heavy atom. The van der Waals surface area contributed by atoms with Crippen molar-refractivity contribution in [2.24, 2.45) is 0 Å². The molecule has 2 aromatic heterocycles. The first-order chi connectivity index (χ1) is 14.1. The molecule has 1 aliphatic rings. The lowest BCUT2D eigenvalue weighted by Crippen LogP contribution is -2.49. The van der Waals surface area contributed by atoms with Crippen LogP contribution in [0.25, 0.3) is 17.0 Å². The lowest BCUT2D eigenvalue weighted by atomic mass is 10.2. The summed E-state index contributed by atoms with van der Waals surface area (Å²) in [7, 11) is 0. The summed E-state index contributed by atoms with van der Waals surface area (Å²) < 4.78 is 3.65. The van der Waals surface area contributed by atoms with Crippen LogP contribution < -0.4 is 15.8 Å². The SMILES string of the molecule is CCCCCn1c(N2CCNC(=O)C2)cc(=O)n2cc(-c3ccc(Cl)cc3)nc12. The number of imidazole rings is 1. The number of rotatable bonds is 6. The van der Waals surface area contributed by atoms with Crippen LogP contribution in [0.2, 0.25) is 5.02 Å². The summed E-state index contributed by atoms with van der Waals surface area (Å²) in [6, 6.07) is 9.03. The van der Waals surface area contributed by atoms with Crippen molar-refractivity contribution in [3.63, 3.8) is 0 Å². The summed E-state index contributed by atoms with van der Waals surface area (Å²) in [5.41, 5.74) is 1.47. The second-order valence-electron chi connectivity index (χ2n) is 7.27. The topological polar surface area (TPSA) is 71.6 Å². The smallest absolute Gasteiger partial charge is 0.261 e. The van der Waals surface area contributed by atoms with E-state index in [1.807, 2.05) is 29.2 Å². The van der Waals surface area contributed by atoms with Crippen LogP contribution in [0.3, 0.4) is 0 Å². The summed E-state index contributed by atoms with van der Waals surface area (Å²) in [5, 5.41) is 3.49. The number of unbranched alkanes of at least 4 members (excludes halogenated alkanes) is 2. The molecule has 1 saturated heterocycles. The number of halogens is 1. The predicted molar refractivity (Wildman–Crippen MR) is 115 cm³/mol. The van der Waals surface area contributed by atoms with E-state index in [9.17, 15) is 9.59 Å². The first-order valence-corrected chi connectivity index (χ1v) is 10.3. The maximum atomic E-state index is 12.9. The molecular weight excluding hydrogens is 390 g/mol. The monoisotopic (exact) mass is 413 g/mol. The minimum absolute atomic E-state index is 0.0334. The molecule has 1 N–H and O–H groups in total. The van der Waals surface area contributed by atoms with E-state index in [-0.39, 0.29) is 18.0 Å². The van der Waals surface area contributed by atoms with Crippen LogP contribution in [0.1, 0.15) is 26.2 Å². The zero-order valence-electron chi connectivity index (χ0n) is 16.4. The summed E-state index contributed by atoms with van der Waals surface area (Å²) >= 11 is 6.00. The number of fused-ring (bicyclic) bond motifs is 1. The van der Waals surface area contributed by atoms with Crippen molar-refractivity contribution in [2.75, 3.05) is 24.5 Å². The number of hydrogen-bond acceptors (Lipinski definition) is 4. The molecule has 3 heterocycles. The summed E-state index contributed by atoms with van der Waals surface area (Å²) in [5.74, 6) is 1.31. The Morgan fingerprint density at radius 3 is 2.69 bits per heavy atom. The number of nitrogens with zero attached hydrogens (tertiary/aromatic N) is 4. The van der Waals surface area contributed by atoms with Crippen molar-refractivity contribution in [1.29, 1.82) is 0 Å². The molecule has 3 aromatic rings. The Kier molecular flexibility index (Phi) is 5.58. The quantitative estimate of drug-likeness (QED) is 0.631. The summed E-state index contributed by atoms with van der Waals surface area (Å²) in [6.45, 7) is 4.37. The number of amides is 1. The number of benzene rings is 1. The Hall–Kier alpha value is -2.80. The molecule has 0 saturated carbocycles. The molecule has 1 aromatic carbocycles. The highest BCUT2D eigenvalue weighted by molar-refractivity contribution is 6.30. The van der Waals surface area contributed by atoms with E-state index in [4.69, 9.17) is 16.6 Å². The molecule has 0 unspecified atom stereocenters. The van der Waals surface area contributed by atoms with Crippen molar-refractivity contribution >= 4 is 29.1 Å². The van der Waals surface area contributed by atoms with E-state index in [0.717, 1.165) is 42.9 Å². The highest BCUT2D eigenvalue weighted by Crippen LogP contribution is 2.23. The highest BCUT2D eigenvalue weighted by atomic mass is 35.5. The fourth-order valence-electron chi connectivity index (χ4n) is 3.67. The van der Waals surface area contributed by atoms with Gasteiger partial charge in [-0.2, -0.15) is 0 Å². The van der Waals surface area contributed by atoms with E-state index < -0.39 is 0 Å². The molecule has 8 heteroatoms. The number of anilines is 1. The summed E-state index contributed by atoms with van der Waals surface area (Å²) in [4.78, 5) is 31.5. The van der Waals surface area contributed by atoms with E-state index in [1.54, 1.807) is 16.7 Å². The molecule has 4 rings (SSSR count). The Morgan fingerprint density at radius 2 is 1.97 bits per heavy atom. The van der Waals surface area contributed by atoms with Crippen LogP contribution in [-0.4, -0.2) is 39.5 Å². The van der Waals surface area contributed by atoms with Crippen molar-refractivity contribution in [3.05, 3.63) is 51.9 Å². The van der Waals surface area contributed by atoms with Gasteiger partial charge in [0.25, 0.3) is 5.56 Å². The largest absolute Gasteiger partial charge is 0.353 e. The number of aryl methyl sites for hydroxylation is 1. The zero-order chi connectivity index (χ0) is 20.4. The number of carbonyl (C=O) groups is 1. The van der Waals surface area contributed by atoms with Crippen molar-refractivity contribution in [2.45, 2.75) is 32.7 Å². The molecular formula is C21H24ClN5O2. The second-order valence-corrected chi connectivity index (χ2v) is 7.71. The van der Waals surface area contributed by atoms with E-state index in [2.05, 4.69) is 16.8 Å². The van der Waals surface area contributed by atoms with Gasteiger partial charge in [-0.25, -0.2) is 4.98 Å². The van der Waals surface area contributed by atoms with Gasteiger partial charge >= 0.3 is 0 Å². The van der Waals surface area contributed by atoms with E-state index in [1.165, 1.54) is 0 Å². The average molecular weight is 414 g/mol. The molecule has 0 radical (unpaired) electrons. The van der Waals surface area contributed by atoms with Gasteiger partial charge in [-0.1, -0.05) is 43.5 Å². The standard InChI is InChI=1S/C21H24ClN5O2/c1-2-3-4-10-26-19(25-11-9-23-18(28)14-25)12-20(29)27-13-17(24-21(26)27)15-5-7-16(22)8-6-15/h5-8,12-13H,2-4,9-11,14H2,1H3,(H,23,28). The number of carbonyl (C=O) groups excluding carboxylic acids is 1. The first-order valence-electron chi connectivity index (χ1n) is 9.97. The number of aromatic nitrogens is 3. The molecule has 0 atom stereocenters. The number of hydrogen-bond donors (Lipinski definition) is 1. The predicted octanol–water partition coefficient (Wildman–Crippen LogP) is 2.94. The van der Waals surface area contributed by atoms with Crippen LogP contribution >= 0.6 is 11.6 Å². The van der Waals surface area contributed by atoms with Crippen molar-refractivity contribution in [3.8, 4) is 11.3 Å². The van der Waals surface area contributed by atoms with E-state index in [0.29, 0.717) is 23.9 Å². The molecule has 1 aliphatic heterocycles. The van der Waals surface area contributed by atoms with Gasteiger partial charge in [-0.05, 0) is 18.6 Å². The van der Waals surface area contributed by atoms with Gasteiger partial charge in [-0.15, -0.1) is 0 Å². The molecule has 29 heavy (non-hydrogen) atoms. The fourth-order valence-corrected chi connectivity index (χ4v) is 3.80. The minimum Gasteiger partial charge on any atom is -0.353 e. The number of nitrogens with one attached hydrogen (secondary N) is 1. The Bertz CT molecular complexity index is 1090. The normalized spacial score (nSPS) is 14.4. The van der Waals surface area contributed by atoms with Crippen molar-refractivity contribution in [1.82, 2.24) is 19.3 Å². The third kappa shape index (κ3) is 4.00. The third-order valence-corrected chi connectivity index (χ3v) is 5.43. The van der Waals surface area contributed by atoms with Crippen LogP contribution in [0.15, 0.2) is 41.3 Å². The van der Waals surface area contributed by atoms with Gasteiger partial charge in [0, 0.05) is 42.5 Å². The molecule has 0 aliphatic carbocycles. The lowest BCUT2D eigenvalue weighted by molar-refractivity contribution is -0.120. The van der Waals surface area contributed by atoms with Gasteiger partial charge in [0.05, 0.1) is 12.2 Å². The maximum Gasteiger partial charge on any atom is 0.261 e. The van der Waals surface area contributed by atoms with Crippen molar-refractivity contribution < 1.29 is 4.79 Å². The van der Waals surface area contributed by atoms with Crippen LogP contribution in [0, 0.1) is 0 Å². The van der Waals surface area contributed by atoms with Crippen LogP contribution in [0.5, 0.6) is 0 Å². The van der Waals surface area contributed by atoms with E-state index >= 15 is 0 Å². The zero-order valence-corrected chi connectivity index (χ0v) is 17.2. The molecule has 0 spiro atoms. The average Bonchev–Trinajstić information content (AvgIpc) is 3.16. The second kappa shape index (κ2) is 8.29. The van der Waals surface area contributed by atoms with Gasteiger partial charge in [-0.3, -0.25) is 18.6 Å².